The predicted octanol–water partition coefficient (Wildman–Crippen LogP) is 2.88. The molecule has 0 radical (unpaired) electrons. The van der Waals surface area contributed by atoms with E-state index >= 15 is 0 Å². The molecule has 0 fully saturated rings. The van der Waals surface area contributed by atoms with E-state index in [-0.39, 0.29) is 5.56 Å². The van der Waals surface area contributed by atoms with Crippen molar-refractivity contribution in [2.24, 2.45) is 0 Å². The zero-order valence-corrected chi connectivity index (χ0v) is 13.3. The number of H-pyrrole nitrogens is 1. The summed E-state index contributed by atoms with van der Waals surface area (Å²) in [6.07, 6.45) is 0.742. The number of nitrogens with one attached hydrogen (secondary N) is 1. The van der Waals surface area contributed by atoms with Crippen LogP contribution < -0.4 is 5.56 Å². The second kappa shape index (κ2) is 6.27. The highest BCUT2D eigenvalue weighted by molar-refractivity contribution is 7.98. The molecule has 0 atom stereocenters. The first-order chi connectivity index (χ1) is 10.7. The fraction of sp³-hybridized carbons (Fsp3) is 0.250. The molecule has 2 aromatic heterocycles. The second-order valence-electron chi connectivity index (χ2n) is 4.93. The lowest BCUT2D eigenvalue weighted by Crippen LogP contribution is -2.09. The van der Waals surface area contributed by atoms with Gasteiger partial charge >= 0.3 is 0 Å². The Kier molecular flexibility index (Phi) is 4.20. The molecule has 0 aliphatic carbocycles. The first-order valence-electron chi connectivity index (χ1n) is 7.11. The lowest BCUT2D eigenvalue weighted by molar-refractivity contribution is 0.867. The third-order valence-corrected chi connectivity index (χ3v) is 4.21. The van der Waals surface area contributed by atoms with Crippen molar-refractivity contribution in [1.82, 2.24) is 19.9 Å². The molecule has 3 aromatic rings. The molecular formula is C16H16N4OS. The molecule has 1 N–H and O–H groups in total. The number of nitrogens with zero attached hydrogens (tertiary/aromatic N) is 3. The highest BCUT2D eigenvalue weighted by atomic mass is 32.2. The van der Waals surface area contributed by atoms with E-state index in [4.69, 9.17) is 0 Å². The summed E-state index contributed by atoms with van der Waals surface area (Å²) in [5.41, 5.74) is 4.28. The molecule has 0 aliphatic heterocycles. The van der Waals surface area contributed by atoms with Gasteiger partial charge in [0.15, 0.2) is 5.16 Å². The van der Waals surface area contributed by atoms with E-state index in [9.17, 15) is 4.79 Å². The Morgan fingerprint density at radius 1 is 1.14 bits per heavy atom. The molecule has 1 aromatic carbocycles. The number of para-hydroxylation sites is 2. The van der Waals surface area contributed by atoms with Crippen molar-refractivity contribution in [2.75, 3.05) is 0 Å². The van der Waals surface area contributed by atoms with Crippen LogP contribution in [0.4, 0.5) is 0 Å². The van der Waals surface area contributed by atoms with Crippen molar-refractivity contribution in [3.05, 3.63) is 57.8 Å². The molecule has 6 heteroatoms. The Hall–Kier alpha value is -2.21. The van der Waals surface area contributed by atoms with Crippen molar-refractivity contribution in [1.29, 1.82) is 0 Å². The van der Waals surface area contributed by atoms with Gasteiger partial charge in [-0.05, 0) is 25.5 Å². The Balaban J connectivity index is 1.86. The van der Waals surface area contributed by atoms with E-state index in [1.54, 1.807) is 0 Å². The highest BCUT2D eigenvalue weighted by Crippen LogP contribution is 2.21. The van der Waals surface area contributed by atoms with Crippen LogP contribution in [0.5, 0.6) is 0 Å². The monoisotopic (exact) mass is 312 g/mol. The molecule has 0 spiro atoms. The number of aromatic amines is 1. The fourth-order valence-electron chi connectivity index (χ4n) is 2.13. The quantitative estimate of drug-likeness (QED) is 0.592. The number of thioether (sulfide) groups is 1. The maximum absolute atomic E-state index is 11.6. The number of fused-ring (bicyclic) bond motifs is 1. The van der Waals surface area contributed by atoms with Gasteiger partial charge in [-0.1, -0.05) is 30.8 Å². The molecule has 112 valence electrons. The molecule has 0 saturated heterocycles. The summed E-state index contributed by atoms with van der Waals surface area (Å²) in [5.74, 6) is 0.625. The Morgan fingerprint density at radius 2 is 1.86 bits per heavy atom. The Bertz CT molecular complexity index is 875. The summed E-state index contributed by atoms with van der Waals surface area (Å²) in [4.78, 5) is 28.0. The maximum atomic E-state index is 11.6. The van der Waals surface area contributed by atoms with Gasteiger partial charge in [-0.3, -0.25) is 4.79 Å². The third kappa shape index (κ3) is 3.17. The second-order valence-corrected chi connectivity index (χ2v) is 5.89. The molecule has 22 heavy (non-hydrogen) atoms. The van der Waals surface area contributed by atoms with Gasteiger partial charge in [-0.25, -0.2) is 15.0 Å². The molecule has 0 amide bonds. The Morgan fingerprint density at radius 3 is 2.59 bits per heavy atom. The van der Waals surface area contributed by atoms with Crippen molar-refractivity contribution < 1.29 is 0 Å². The molecular weight excluding hydrogens is 296 g/mol. The van der Waals surface area contributed by atoms with Gasteiger partial charge in [0.05, 0.1) is 22.4 Å². The minimum Gasteiger partial charge on any atom is -0.301 e. The molecule has 5 nitrogen and oxygen atoms in total. The van der Waals surface area contributed by atoms with Crippen molar-refractivity contribution >= 4 is 22.8 Å². The van der Waals surface area contributed by atoms with Crippen molar-refractivity contribution in [3.8, 4) is 0 Å². The van der Waals surface area contributed by atoms with E-state index in [1.807, 2.05) is 38.1 Å². The lowest BCUT2D eigenvalue weighted by Gasteiger charge is -2.06. The SMILES string of the molecule is CCc1cc(=O)[nH]c(SCc2nc3ccccc3nc2C)n1. The van der Waals surface area contributed by atoms with Crippen LogP contribution in [0.2, 0.25) is 0 Å². The fourth-order valence-corrected chi connectivity index (χ4v) is 3.03. The van der Waals surface area contributed by atoms with Crippen molar-refractivity contribution in [3.63, 3.8) is 0 Å². The zero-order chi connectivity index (χ0) is 15.5. The average Bonchev–Trinajstić information content (AvgIpc) is 2.52. The summed E-state index contributed by atoms with van der Waals surface area (Å²) in [5, 5.41) is 0.624. The number of aryl methyl sites for hydroxylation is 2. The number of benzene rings is 1. The molecule has 2 heterocycles. The Labute approximate surface area is 132 Å². The number of rotatable bonds is 4. The van der Waals surface area contributed by atoms with Gasteiger partial charge in [0, 0.05) is 17.5 Å². The smallest absolute Gasteiger partial charge is 0.251 e. The molecule has 0 unspecified atom stereocenters. The maximum Gasteiger partial charge on any atom is 0.251 e. The predicted molar refractivity (Wildman–Crippen MR) is 88.1 cm³/mol. The lowest BCUT2D eigenvalue weighted by atomic mass is 10.2. The molecule has 3 rings (SSSR count). The van der Waals surface area contributed by atoms with Crippen LogP contribution in [0.15, 0.2) is 40.3 Å². The van der Waals surface area contributed by atoms with Gasteiger partial charge in [0.25, 0.3) is 5.56 Å². The summed E-state index contributed by atoms with van der Waals surface area (Å²) < 4.78 is 0. The van der Waals surface area contributed by atoms with Gasteiger partial charge in [-0.15, -0.1) is 0 Å². The van der Waals surface area contributed by atoms with Crippen LogP contribution in [0.1, 0.15) is 24.0 Å². The van der Waals surface area contributed by atoms with Crippen LogP contribution in [0.25, 0.3) is 11.0 Å². The van der Waals surface area contributed by atoms with E-state index in [0.717, 1.165) is 34.5 Å². The minimum absolute atomic E-state index is 0.115. The van der Waals surface area contributed by atoms with Crippen LogP contribution in [-0.2, 0) is 12.2 Å². The number of hydrogen-bond donors (Lipinski definition) is 1. The van der Waals surface area contributed by atoms with Gasteiger partial charge < -0.3 is 4.98 Å². The molecule has 0 bridgehead atoms. The third-order valence-electron chi connectivity index (χ3n) is 3.32. The summed E-state index contributed by atoms with van der Waals surface area (Å²) >= 11 is 1.47. The summed E-state index contributed by atoms with van der Waals surface area (Å²) in [6.45, 7) is 3.93. The van der Waals surface area contributed by atoms with Crippen molar-refractivity contribution in [2.45, 2.75) is 31.2 Å². The van der Waals surface area contributed by atoms with Gasteiger partial charge in [0.2, 0.25) is 0 Å². The number of aromatic nitrogens is 4. The molecule has 0 aliphatic rings. The largest absolute Gasteiger partial charge is 0.301 e. The highest BCUT2D eigenvalue weighted by Gasteiger charge is 2.07. The van der Waals surface area contributed by atoms with Gasteiger partial charge in [-0.2, -0.15) is 0 Å². The van der Waals surface area contributed by atoms with E-state index in [2.05, 4.69) is 19.9 Å². The first kappa shape index (κ1) is 14.7. The van der Waals surface area contributed by atoms with Crippen LogP contribution in [0, 0.1) is 6.92 Å². The summed E-state index contributed by atoms with van der Waals surface area (Å²) in [7, 11) is 0. The van der Waals surface area contributed by atoms with Crippen LogP contribution in [0.3, 0.4) is 0 Å². The van der Waals surface area contributed by atoms with E-state index < -0.39 is 0 Å². The normalized spacial score (nSPS) is 11.0. The van der Waals surface area contributed by atoms with Gasteiger partial charge in [0.1, 0.15) is 0 Å². The summed E-state index contributed by atoms with van der Waals surface area (Å²) in [6, 6.07) is 9.34. The first-order valence-corrected chi connectivity index (χ1v) is 8.09. The minimum atomic E-state index is -0.115. The topological polar surface area (TPSA) is 71.5 Å². The van der Waals surface area contributed by atoms with Crippen LogP contribution >= 0.6 is 11.8 Å². The molecule has 0 saturated carbocycles. The van der Waals surface area contributed by atoms with E-state index in [0.29, 0.717) is 10.9 Å². The van der Waals surface area contributed by atoms with E-state index in [1.165, 1.54) is 17.8 Å². The number of hydrogen-bond acceptors (Lipinski definition) is 5. The standard InChI is InChI=1S/C16H16N4OS/c1-3-11-8-15(21)20-16(18-11)22-9-14-10(2)17-12-6-4-5-7-13(12)19-14/h4-8H,3,9H2,1-2H3,(H,18,20,21). The zero-order valence-electron chi connectivity index (χ0n) is 12.5. The average molecular weight is 312 g/mol. The van der Waals surface area contributed by atoms with Crippen LogP contribution in [-0.4, -0.2) is 19.9 Å².